The van der Waals surface area contributed by atoms with Crippen LogP contribution in [0.2, 0.25) is 0 Å². The van der Waals surface area contributed by atoms with Gasteiger partial charge in [-0.3, -0.25) is 9.59 Å². The smallest absolute Gasteiger partial charge is 0.253 e. The first-order valence-electron chi connectivity index (χ1n) is 5.46. The van der Waals surface area contributed by atoms with Gasteiger partial charge in [0.25, 0.3) is 10.9 Å². The quantitative estimate of drug-likeness (QED) is 0.669. The van der Waals surface area contributed by atoms with Crippen molar-refractivity contribution in [2.24, 2.45) is 0 Å². The van der Waals surface area contributed by atoms with Gasteiger partial charge in [-0.25, -0.2) is 0 Å². The van der Waals surface area contributed by atoms with E-state index in [0.29, 0.717) is 11.4 Å². The molecule has 1 saturated heterocycles. The highest BCUT2D eigenvalue weighted by atomic mass is 16.2. The van der Waals surface area contributed by atoms with E-state index in [1.807, 2.05) is 16.8 Å². The Bertz CT molecular complexity index is 428. The molecular weight excluding hydrogens is 192 g/mol. The van der Waals surface area contributed by atoms with Crippen molar-refractivity contribution in [2.45, 2.75) is 19.8 Å². The fraction of sp³-hybridized carbons (Fsp3) is 0.636. The van der Waals surface area contributed by atoms with Crippen molar-refractivity contribution in [2.75, 3.05) is 36.5 Å². The Kier molecular flexibility index (Phi) is 2.50. The molecule has 15 heavy (non-hydrogen) atoms. The van der Waals surface area contributed by atoms with E-state index in [1.165, 1.54) is 0 Å². The average molecular weight is 208 g/mol. The van der Waals surface area contributed by atoms with Gasteiger partial charge in [0.1, 0.15) is 11.4 Å². The number of hydrogen-bond acceptors (Lipinski definition) is 4. The zero-order valence-electron chi connectivity index (χ0n) is 9.25. The van der Waals surface area contributed by atoms with Crippen LogP contribution in [0.5, 0.6) is 0 Å². The molecule has 1 fully saturated rings. The van der Waals surface area contributed by atoms with Gasteiger partial charge < -0.3 is 9.80 Å². The summed E-state index contributed by atoms with van der Waals surface area (Å²) in [5.41, 5.74) is 0.671. The lowest BCUT2D eigenvalue weighted by Crippen LogP contribution is -2.49. The highest BCUT2D eigenvalue weighted by molar-refractivity contribution is 5.76. The first-order chi connectivity index (χ1) is 7.16. The maximum Gasteiger partial charge on any atom is 0.253 e. The molecule has 2 rings (SSSR count). The summed E-state index contributed by atoms with van der Waals surface area (Å²) in [4.78, 5) is 26.8. The molecule has 82 valence electrons. The molecule has 1 aromatic carbocycles. The second kappa shape index (κ2) is 3.68. The molecule has 0 atom stereocenters. The normalized spacial score (nSPS) is 15.5. The molecule has 4 heteroatoms. The number of anilines is 2. The van der Waals surface area contributed by atoms with E-state index < -0.39 is 0 Å². The van der Waals surface area contributed by atoms with Crippen molar-refractivity contribution in [1.82, 2.24) is 0 Å². The first kappa shape index (κ1) is 10.2. The van der Waals surface area contributed by atoms with Crippen LogP contribution in [0.1, 0.15) is 19.8 Å². The second-order valence-corrected chi connectivity index (χ2v) is 4.12. The van der Waals surface area contributed by atoms with E-state index in [2.05, 4.69) is 6.92 Å². The van der Waals surface area contributed by atoms with Crippen LogP contribution in [0.15, 0.2) is 9.59 Å². The molecule has 0 aromatic heterocycles. The third-order valence-electron chi connectivity index (χ3n) is 2.97. The summed E-state index contributed by atoms with van der Waals surface area (Å²) in [6, 6.07) is 0. The summed E-state index contributed by atoms with van der Waals surface area (Å²) in [6.07, 6.45) is 2.10. The fourth-order valence-electron chi connectivity index (χ4n) is 2.00. The summed E-state index contributed by atoms with van der Waals surface area (Å²) in [5, 5.41) is 0. The summed E-state index contributed by atoms with van der Waals surface area (Å²) in [6.45, 7) is 4.71. The molecule has 0 bridgehead atoms. The largest absolute Gasteiger partial charge is 0.370 e. The molecule has 0 amide bonds. The van der Waals surface area contributed by atoms with Gasteiger partial charge in [-0.1, -0.05) is 6.92 Å². The lowest BCUT2D eigenvalue weighted by molar-refractivity contribution is 0.612. The van der Waals surface area contributed by atoms with Crippen LogP contribution in [0, 0.1) is 0 Å². The van der Waals surface area contributed by atoms with E-state index in [-0.39, 0.29) is 10.9 Å². The molecule has 1 aliphatic heterocycles. The number of nitrogens with zero attached hydrogens (tertiary/aromatic N) is 2. The zero-order chi connectivity index (χ0) is 11.0. The summed E-state index contributed by atoms with van der Waals surface area (Å²) >= 11 is 0. The van der Waals surface area contributed by atoms with Gasteiger partial charge in [0.05, 0.1) is 0 Å². The van der Waals surface area contributed by atoms with Gasteiger partial charge in [0, 0.05) is 26.7 Å². The fourth-order valence-corrected chi connectivity index (χ4v) is 2.00. The predicted molar refractivity (Wildman–Crippen MR) is 61.7 cm³/mol. The molecule has 0 unspecified atom stereocenters. The van der Waals surface area contributed by atoms with Crippen LogP contribution in [0.3, 0.4) is 0 Å². The highest BCUT2D eigenvalue weighted by Crippen LogP contribution is 2.27. The van der Waals surface area contributed by atoms with Crippen molar-refractivity contribution in [3.05, 3.63) is 20.4 Å². The highest BCUT2D eigenvalue weighted by Gasteiger charge is 2.30. The molecule has 0 N–H and O–H groups in total. The van der Waals surface area contributed by atoms with E-state index in [9.17, 15) is 9.59 Å². The van der Waals surface area contributed by atoms with Gasteiger partial charge in [-0.15, -0.1) is 0 Å². The second-order valence-electron chi connectivity index (χ2n) is 4.12. The molecule has 0 spiro atoms. The molecule has 1 aliphatic rings. The molecule has 0 aliphatic carbocycles. The van der Waals surface area contributed by atoms with Gasteiger partial charge in [-0.05, 0) is 12.8 Å². The lowest BCUT2D eigenvalue weighted by atomic mass is 10.1. The molecule has 4 nitrogen and oxygen atoms in total. The number of rotatable bonds is 4. The molecule has 1 heterocycles. The Morgan fingerprint density at radius 1 is 1.27 bits per heavy atom. The van der Waals surface area contributed by atoms with Crippen molar-refractivity contribution in [3.63, 3.8) is 0 Å². The van der Waals surface area contributed by atoms with E-state index >= 15 is 0 Å². The van der Waals surface area contributed by atoms with E-state index in [1.54, 1.807) is 0 Å². The molecule has 0 radical (unpaired) electrons. The topological polar surface area (TPSA) is 40.6 Å². The van der Waals surface area contributed by atoms with Crippen LogP contribution in [0.25, 0.3) is 0 Å². The lowest BCUT2D eigenvalue weighted by Gasteiger charge is -2.36. The zero-order valence-corrected chi connectivity index (χ0v) is 9.25. The first-order valence-corrected chi connectivity index (χ1v) is 5.46. The van der Waals surface area contributed by atoms with Gasteiger partial charge >= 0.3 is 0 Å². The summed E-state index contributed by atoms with van der Waals surface area (Å²) in [5.74, 6) is 0. The number of hydrogen-bond donors (Lipinski definition) is 0. The SMILES string of the molecule is CCCN(C)c1c(N2CCC2)c(=O)c1=O. The summed E-state index contributed by atoms with van der Waals surface area (Å²) in [7, 11) is 1.88. The summed E-state index contributed by atoms with van der Waals surface area (Å²) < 4.78 is 0. The Labute approximate surface area is 88.8 Å². The Morgan fingerprint density at radius 3 is 2.40 bits per heavy atom. The van der Waals surface area contributed by atoms with Crippen LogP contribution in [0.4, 0.5) is 11.4 Å². The van der Waals surface area contributed by atoms with Gasteiger partial charge in [0.2, 0.25) is 0 Å². The third-order valence-corrected chi connectivity index (χ3v) is 2.97. The van der Waals surface area contributed by atoms with Crippen molar-refractivity contribution in [3.8, 4) is 0 Å². The minimum atomic E-state index is -0.312. The Morgan fingerprint density at radius 2 is 1.93 bits per heavy atom. The van der Waals surface area contributed by atoms with Crippen LogP contribution in [-0.4, -0.2) is 26.7 Å². The van der Waals surface area contributed by atoms with Crippen molar-refractivity contribution >= 4 is 11.4 Å². The average Bonchev–Trinajstić information content (AvgIpc) is 2.14. The molecule has 0 saturated carbocycles. The van der Waals surface area contributed by atoms with Crippen LogP contribution >= 0.6 is 0 Å². The van der Waals surface area contributed by atoms with E-state index in [4.69, 9.17) is 0 Å². The maximum atomic E-state index is 11.5. The third kappa shape index (κ3) is 1.44. The molecular formula is C11H16N2O2. The van der Waals surface area contributed by atoms with Crippen molar-refractivity contribution < 1.29 is 0 Å². The van der Waals surface area contributed by atoms with Crippen molar-refractivity contribution in [1.29, 1.82) is 0 Å². The minimum absolute atomic E-state index is 0.298. The molecule has 1 aromatic rings. The van der Waals surface area contributed by atoms with Crippen LogP contribution in [-0.2, 0) is 0 Å². The standard InChI is InChI=1S/C11H16N2O2/c1-3-5-12(2)8-9(11(15)10(8)14)13-6-4-7-13/h3-7H2,1-2H3. The van der Waals surface area contributed by atoms with Gasteiger partial charge in [0.15, 0.2) is 0 Å². The van der Waals surface area contributed by atoms with Gasteiger partial charge in [-0.2, -0.15) is 0 Å². The Balaban J connectivity index is 2.27. The van der Waals surface area contributed by atoms with Crippen LogP contribution < -0.4 is 20.7 Å². The van der Waals surface area contributed by atoms with E-state index in [0.717, 1.165) is 32.5 Å². The predicted octanol–water partition coefficient (Wildman–Crippen LogP) is 0.339. The Hall–Kier alpha value is -1.32. The minimum Gasteiger partial charge on any atom is -0.370 e. The maximum absolute atomic E-state index is 11.5. The monoisotopic (exact) mass is 208 g/mol.